The van der Waals surface area contributed by atoms with Crippen LogP contribution in [0.3, 0.4) is 0 Å². The van der Waals surface area contributed by atoms with Gasteiger partial charge in [-0.2, -0.15) is 0 Å². The van der Waals surface area contributed by atoms with Gasteiger partial charge in [-0.05, 0) is 97.1 Å². The number of hydrogen-bond donors (Lipinski definition) is 0. The molecule has 0 heterocycles. The number of fused-ring (bicyclic) bond motifs is 1. The van der Waals surface area contributed by atoms with E-state index in [1.165, 1.54) is 55.4 Å². The van der Waals surface area contributed by atoms with Crippen molar-refractivity contribution in [2.24, 2.45) is 5.92 Å². The smallest absolute Gasteiger partial charge is 0.403 e. The number of aryl methyl sites for hydroxylation is 1. The van der Waals surface area contributed by atoms with E-state index in [0.29, 0.717) is 18.8 Å². The zero-order valence-corrected chi connectivity index (χ0v) is 17.3. The molecule has 1 fully saturated rings. The third kappa shape index (κ3) is 4.81. The lowest BCUT2D eigenvalue weighted by atomic mass is 9.76. The van der Waals surface area contributed by atoms with Gasteiger partial charge in [-0.1, -0.05) is 37.6 Å². The van der Waals surface area contributed by atoms with Crippen molar-refractivity contribution in [3.8, 4) is 5.75 Å². The first kappa shape index (κ1) is 21.2. The fraction of sp³-hybridized carbons (Fsp3) is 0.520. The maximum atomic E-state index is 14.1. The van der Waals surface area contributed by atoms with Crippen LogP contribution in [0.1, 0.15) is 79.5 Å². The molecule has 0 radical (unpaired) electrons. The molecule has 2 aliphatic carbocycles. The van der Waals surface area contributed by atoms with Crippen molar-refractivity contribution in [2.45, 2.75) is 76.5 Å². The van der Waals surface area contributed by atoms with E-state index < -0.39 is 17.9 Å². The van der Waals surface area contributed by atoms with E-state index in [1.807, 2.05) is 0 Å². The molecular weight excluding hydrogens is 392 g/mol. The molecule has 30 heavy (non-hydrogen) atoms. The predicted molar refractivity (Wildman–Crippen MR) is 109 cm³/mol. The normalized spacial score (nSPS) is 24.4. The summed E-state index contributed by atoms with van der Waals surface area (Å²) >= 11 is 0. The largest absolute Gasteiger partial charge is 0.573 e. The summed E-state index contributed by atoms with van der Waals surface area (Å²) in [7, 11) is 0. The molecule has 1 nitrogen and oxygen atoms in total. The molecule has 0 amide bonds. The number of halogens is 4. The van der Waals surface area contributed by atoms with E-state index in [2.05, 4.69) is 35.9 Å². The van der Waals surface area contributed by atoms with Crippen molar-refractivity contribution in [2.75, 3.05) is 0 Å². The Balaban J connectivity index is 1.44. The van der Waals surface area contributed by atoms with E-state index in [4.69, 9.17) is 0 Å². The standard InChI is InChI=1S/C25H28F4O/c1-2-16-3-5-17(6-4-16)18-7-9-19(10-8-18)20-11-12-21-15-24(30-25(27,28)29)23(26)14-22(21)13-20/h7-10,14-17,20H,2-6,11-13H2,1H3. The molecule has 1 unspecified atom stereocenters. The molecule has 1 atom stereocenters. The first-order valence-corrected chi connectivity index (χ1v) is 11.0. The van der Waals surface area contributed by atoms with E-state index in [1.54, 1.807) is 0 Å². The van der Waals surface area contributed by atoms with Crippen molar-refractivity contribution in [3.63, 3.8) is 0 Å². The van der Waals surface area contributed by atoms with Gasteiger partial charge in [0.05, 0.1) is 0 Å². The highest BCUT2D eigenvalue weighted by Crippen LogP contribution is 2.39. The van der Waals surface area contributed by atoms with Crippen molar-refractivity contribution < 1.29 is 22.3 Å². The highest BCUT2D eigenvalue weighted by atomic mass is 19.4. The Labute approximate surface area is 175 Å². The van der Waals surface area contributed by atoms with Crippen LogP contribution in [-0.4, -0.2) is 6.36 Å². The molecule has 0 N–H and O–H groups in total. The Morgan fingerprint density at radius 1 is 0.867 bits per heavy atom. The van der Waals surface area contributed by atoms with Crippen molar-refractivity contribution >= 4 is 0 Å². The Bertz CT molecular complexity index is 864. The van der Waals surface area contributed by atoms with Crippen LogP contribution in [0.15, 0.2) is 36.4 Å². The summed E-state index contributed by atoms with van der Waals surface area (Å²) in [6.07, 6.45) is 3.64. The van der Waals surface area contributed by atoms with Gasteiger partial charge in [0, 0.05) is 0 Å². The zero-order valence-electron chi connectivity index (χ0n) is 17.3. The molecular formula is C25H28F4O. The number of rotatable bonds is 4. The average Bonchev–Trinajstić information content (AvgIpc) is 2.73. The summed E-state index contributed by atoms with van der Waals surface area (Å²) in [6, 6.07) is 11.3. The Kier molecular flexibility index (Phi) is 6.08. The summed E-state index contributed by atoms with van der Waals surface area (Å²) in [6.45, 7) is 2.28. The Morgan fingerprint density at radius 2 is 1.50 bits per heavy atom. The van der Waals surface area contributed by atoms with E-state index in [9.17, 15) is 17.6 Å². The molecule has 0 aliphatic heterocycles. The van der Waals surface area contributed by atoms with Crippen molar-refractivity contribution in [1.29, 1.82) is 0 Å². The number of hydrogen-bond acceptors (Lipinski definition) is 1. The lowest BCUT2D eigenvalue weighted by Crippen LogP contribution is -2.19. The van der Waals surface area contributed by atoms with Crippen LogP contribution in [-0.2, 0) is 12.8 Å². The van der Waals surface area contributed by atoms with Crippen LogP contribution in [0.2, 0.25) is 0 Å². The molecule has 2 aliphatic rings. The summed E-state index contributed by atoms with van der Waals surface area (Å²) < 4.78 is 55.3. The summed E-state index contributed by atoms with van der Waals surface area (Å²) in [5.74, 6) is 0.100. The highest BCUT2D eigenvalue weighted by molar-refractivity contribution is 5.41. The number of benzene rings is 2. The van der Waals surface area contributed by atoms with Gasteiger partial charge in [0.1, 0.15) is 0 Å². The van der Waals surface area contributed by atoms with Crippen LogP contribution in [0.25, 0.3) is 0 Å². The quantitative estimate of drug-likeness (QED) is 0.461. The Morgan fingerprint density at radius 3 is 2.10 bits per heavy atom. The van der Waals surface area contributed by atoms with E-state index >= 15 is 0 Å². The summed E-state index contributed by atoms with van der Waals surface area (Å²) in [5, 5.41) is 0. The number of alkyl halides is 3. The average molecular weight is 420 g/mol. The molecule has 2 aromatic carbocycles. The second kappa shape index (κ2) is 8.60. The van der Waals surface area contributed by atoms with Crippen molar-refractivity contribution in [3.05, 3.63) is 64.5 Å². The van der Waals surface area contributed by atoms with Gasteiger partial charge in [-0.15, -0.1) is 13.2 Å². The molecule has 2 aromatic rings. The predicted octanol–water partition coefficient (Wildman–Crippen LogP) is 7.68. The molecule has 4 rings (SSSR count). The van der Waals surface area contributed by atoms with Gasteiger partial charge in [0.2, 0.25) is 0 Å². The lowest BCUT2D eigenvalue weighted by Gasteiger charge is -2.29. The van der Waals surface area contributed by atoms with Gasteiger partial charge in [-0.3, -0.25) is 0 Å². The molecule has 5 heteroatoms. The third-order valence-corrected chi connectivity index (χ3v) is 7.01. The molecule has 0 saturated heterocycles. The minimum absolute atomic E-state index is 0.260. The molecule has 0 bridgehead atoms. The molecule has 1 saturated carbocycles. The first-order chi connectivity index (χ1) is 14.3. The van der Waals surface area contributed by atoms with Crippen LogP contribution >= 0.6 is 0 Å². The zero-order chi connectivity index (χ0) is 21.3. The fourth-order valence-corrected chi connectivity index (χ4v) is 5.19. The Hall–Kier alpha value is -2.04. The maximum absolute atomic E-state index is 14.1. The monoisotopic (exact) mass is 420 g/mol. The third-order valence-electron chi connectivity index (χ3n) is 7.01. The van der Waals surface area contributed by atoms with Gasteiger partial charge in [0.25, 0.3) is 0 Å². The summed E-state index contributed by atoms with van der Waals surface area (Å²) in [4.78, 5) is 0. The van der Waals surface area contributed by atoms with Crippen LogP contribution < -0.4 is 4.74 Å². The van der Waals surface area contributed by atoms with E-state index in [0.717, 1.165) is 23.5 Å². The molecule has 0 spiro atoms. The maximum Gasteiger partial charge on any atom is 0.573 e. The second-order valence-electron chi connectivity index (χ2n) is 8.83. The molecule has 0 aromatic heterocycles. The van der Waals surface area contributed by atoms with Crippen LogP contribution in [0.5, 0.6) is 5.75 Å². The SMILES string of the molecule is CCC1CCC(c2ccc(C3CCc4cc(OC(F)(F)F)c(F)cc4C3)cc2)CC1. The van der Waals surface area contributed by atoms with Crippen LogP contribution in [0, 0.1) is 11.7 Å². The topological polar surface area (TPSA) is 9.23 Å². The fourth-order valence-electron chi connectivity index (χ4n) is 5.19. The van der Waals surface area contributed by atoms with Gasteiger partial charge in [-0.25, -0.2) is 4.39 Å². The molecule has 162 valence electrons. The minimum atomic E-state index is -4.89. The lowest BCUT2D eigenvalue weighted by molar-refractivity contribution is -0.275. The minimum Gasteiger partial charge on any atom is -0.403 e. The first-order valence-electron chi connectivity index (χ1n) is 11.0. The number of ether oxygens (including phenoxy) is 1. The van der Waals surface area contributed by atoms with Gasteiger partial charge < -0.3 is 4.74 Å². The van der Waals surface area contributed by atoms with Gasteiger partial charge in [0.15, 0.2) is 11.6 Å². The van der Waals surface area contributed by atoms with E-state index in [-0.39, 0.29) is 5.92 Å². The second-order valence-corrected chi connectivity index (χ2v) is 8.83. The highest BCUT2D eigenvalue weighted by Gasteiger charge is 2.33. The van der Waals surface area contributed by atoms with Crippen LogP contribution in [0.4, 0.5) is 17.6 Å². The van der Waals surface area contributed by atoms with Gasteiger partial charge >= 0.3 is 6.36 Å². The summed E-state index contributed by atoms with van der Waals surface area (Å²) in [5.41, 5.74) is 4.16. The van der Waals surface area contributed by atoms with Crippen molar-refractivity contribution in [1.82, 2.24) is 0 Å².